The number of hydrogen-bond donors (Lipinski definition) is 2. The maximum atomic E-state index is 12.4. The minimum atomic E-state index is -0.744. The maximum absolute atomic E-state index is 12.4. The SMILES string of the molecule is CN(CC1CCCC1)C(=O)NC1C2CCC(C2)C1C(=O)O. The van der Waals surface area contributed by atoms with Crippen molar-refractivity contribution >= 4 is 12.0 Å². The number of rotatable bonds is 4. The Balaban J connectivity index is 1.57. The molecule has 0 heterocycles. The molecule has 0 aromatic rings. The van der Waals surface area contributed by atoms with Crippen molar-refractivity contribution in [1.82, 2.24) is 10.2 Å². The van der Waals surface area contributed by atoms with Gasteiger partial charge in [-0.05, 0) is 49.9 Å². The van der Waals surface area contributed by atoms with E-state index in [-0.39, 0.29) is 23.9 Å². The van der Waals surface area contributed by atoms with E-state index in [0.717, 1.165) is 25.8 Å². The molecule has 3 fully saturated rings. The number of nitrogens with one attached hydrogen (secondary N) is 1. The van der Waals surface area contributed by atoms with Crippen LogP contribution in [0.25, 0.3) is 0 Å². The summed E-state index contributed by atoms with van der Waals surface area (Å²) in [4.78, 5) is 25.6. The molecule has 4 unspecified atom stereocenters. The van der Waals surface area contributed by atoms with Gasteiger partial charge >= 0.3 is 12.0 Å². The number of carbonyl (C=O) groups excluding carboxylic acids is 1. The lowest BCUT2D eigenvalue weighted by atomic mass is 9.84. The van der Waals surface area contributed by atoms with E-state index in [1.807, 2.05) is 7.05 Å². The Morgan fingerprint density at radius 1 is 1.14 bits per heavy atom. The first-order valence-corrected chi connectivity index (χ1v) is 8.30. The van der Waals surface area contributed by atoms with Crippen LogP contribution in [0.5, 0.6) is 0 Å². The second kappa shape index (κ2) is 5.85. The summed E-state index contributed by atoms with van der Waals surface area (Å²) in [5.74, 6) is 0.118. The first-order chi connectivity index (χ1) is 10.1. The van der Waals surface area contributed by atoms with E-state index in [4.69, 9.17) is 0 Å². The van der Waals surface area contributed by atoms with Crippen LogP contribution in [-0.4, -0.2) is 41.6 Å². The number of nitrogens with zero attached hydrogens (tertiary/aromatic N) is 1. The molecule has 3 saturated carbocycles. The van der Waals surface area contributed by atoms with E-state index in [0.29, 0.717) is 11.8 Å². The monoisotopic (exact) mass is 294 g/mol. The molecule has 2 N–H and O–H groups in total. The molecule has 0 spiro atoms. The van der Waals surface area contributed by atoms with E-state index in [1.165, 1.54) is 25.7 Å². The zero-order chi connectivity index (χ0) is 15.0. The highest BCUT2D eigenvalue weighted by atomic mass is 16.4. The van der Waals surface area contributed by atoms with Crippen LogP contribution in [0.4, 0.5) is 4.79 Å². The van der Waals surface area contributed by atoms with Gasteiger partial charge in [0.25, 0.3) is 0 Å². The third-order valence-electron chi connectivity index (χ3n) is 5.85. The molecule has 3 aliphatic carbocycles. The molecule has 0 aromatic heterocycles. The smallest absolute Gasteiger partial charge is 0.317 e. The summed E-state index contributed by atoms with van der Waals surface area (Å²) in [5, 5.41) is 12.4. The number of fused-ring (bicyclic) bond motifs is 2. The zero-order valence-electron chi connectivity index (χ0n) is 12.8. The minimum absolute atomic E-state index is 0.0919. The Kier molecular flexibility index (Phi) is 4.09. The van der Waals surface area contributed by atoms with Crippen molar-refractivity contribution in [3.63, 3.8) is 0 Å². The van der Waals surface area contributed by atoms with Gasteiger partial charge in [0, 0.05) is 19.6 Å². The fourth-order valence-corrected chi connectivity index (χ4v) is 4.77. The van der Waals surface area contributed by atoms with Crippen molar-refractivity contribution in [2.75, 3.05) is 13.6 Å². The van der Waals surface area contributed by atoms with Gasteiger partial charge in [-0.15, -0.1) is 0 Å². The first kappa shape index (κ1) is 14.7. The van der Waals surface area contributed by atoms with Crippen LogP contribution in [0.15, 0.2) is 0 Å². The van der Waals surface area contributed by atoms with Crippen LogP contribution in [-0.2, 0) is 4.79 Å². The number of hydrogen-bond acceptors (Lipinski definition) is 2. The highest BCUT2D eigenvalue weighted by Crippen LogP contribution is 2.48. The predicted molar refractivity (Wildman–Crippen MR) is 78.9 cm³/mol. The van der Waals surface area contributed by atoms with Crippen LogP contribution in [0, 0.1) is 23.7 Å². The number of amides is 2. The van der Waals surface area contributed by atoms with Crippen LogP contribution < -0.4 is 5.32 Å². The van der Waals surface area contributed by atoms with Crippen LogP contribution in [0.3, 0.4) is 0 Å². The van der Waals surface area contributed by atoms with Gasteiger partial charge in [0.05, 0.1) is 5.92 Å². The van der Waals surface area contributed by atoms with E-state index in [9.17, 15) is 14.7 Å². The minimum Gasteiger partial charge on any atom is -0.481 e. The van der Waals surface area contributed by atoms with Gasteiger partial charge in [0.15, 0.2) is 0 Å². The van der Waals surface area contributed by atoms with Crippen molar-refractivity contribution in [1.29, 1.82) is 0 Å². The molecular weight excluding hydrogens is 268 g/mol. The second-order valence-electron chi connectivity index (χ2n) is 7.20. The van der Waals surface area contributed by atoms with Crippen LogP contribution in [0.2, 0.25) is 0 Å². The summed E-state index contributed by atoms with van der Waals surface area (Å²) >= 11 is 0. The summed E-state index contributed by atoms with van der Waals surface area (Å²) < 4.78 is 0. The number of carboxylic acids is 1. The molecule has 3 rings (SSSR count). The molecule has 0 aliphatic heterocycles. The van der Waals surface area contributed by atoms with Gasteiger partial charge in [-0.3, -0.25) is 4.79 Å². The average molecular weight is 294 g/mol. The Morgan fingerprint density at radius 2 is 1.81 bits per heavy atom. The summed E-state index contributed by atoms with van der Waals surface area (Å²) in [6, 6.07) is -0.259. The Labute approximate surface area is 126 Å². The first-order valence-electron chi connectivity index (χ1n) is 8.30. The molecule has 2 amide bonds. The molecule has 5 nitrogen and oxygen atoms in total. The molecular formula is C16H26N2O3. The van der Waals surface area contributed by atoms with Crippen molar-refractivity contribution in [3.8, 4) is 0 Å². The summed E-state index contributed by atoms with van der Waals surface area (Å²) in [6.07, 6.45) is 8.00. The number of aliphatic carboxylic acids is 1. The van der Waals surface area contributed by atoms with Crippen molar-refractivity contribution in [2.45, 2.75) is 51.0 Å². The average Bonchev–Trinajstić information content (AvgIpc) is 3.14. The highest BCUT2D eigenvalue weighted by molar-refractivity contribution is 5.77. The quantitative estimate of drug-likeness (QED) is 0.836. The van der Waals surface area contributed by atoms with Gasteiger partial charge in [0.2, 0.25) is 0 Å². The third-order valence-corrected chi connectivity index (χ3v) is 5.85. The molecule has 5 heteroatoms. The predicted octanol–water partition coefficient (Wildman–Crippen LogP) is 2.32. The molecule has 0 radical (unpaired) electrons. The summed E-state index contributed by atoms with van der Waals surface area (Å²) in [5.41, 5.74) is 0. The van der Waals surface area contributed by atoms with E-state index >= 15 is 0 Å². The maximum Gasteiger partial charge on any atom is 0.317 e. The highest BCUT2D eigenvalue weighted by Gasteiger charge is 2.51. The Bertz CT molecular complexity index is 420. The van der Waals surface area contributed by atoms with Crippen molar-refractivity contribution in [3.05, 3.63) is 0 Å². The van der Waals surface area contributed by atoms with Crippen molar-refractivity contribution < 1.29 is 14.7 Å². The fourth-order valence-electron chi connectivity index (χ4n) is 4.77. The van der Waals surface area contributed by atoms with Crippen LogP contribution in [0.1, 0.15) is 44.9 Å². The topological polar surface area (TPSA) is 69.6 Å². The summed E-state index contributed by atoms with van der Waals surface area (Å²) in [7, 11) is 1.83. The lowest BCUT2D eigenvalue weighted by molar-refractivity contribution is -0.144. The van der Waals surface area contributed by atoms with Gasteiger partial charge in [-0.2, -0.15) is 0 Å². The normalized spacial score (nSPS) is 35.1. The lowest BCUT2D eigenvalue weighted by Gasteiger charge is -2.31. The van der Waals surface area contributed by atoms with E-state index < -0.39 is 5.97 Å². The lowest BCUT2D eigenvalue weighted by Crippen LogP contribution is -2.51. The second-order valence-corrected chi connectivity index (χ2v) is 7.20. The molecule has 21 heavy (non-hydrogen) atoms. The number of carboxylic acid groups (broad SMARTS) is 1. The molecule has 0 saturated heterocycles. The molecule has 0 aromatic carbocycles. The van der Waals surface area contributed by atoms with Crippen LogP contribution >= 0.6 is 0 Å². The Hall–Kier alpha value is -1.26. The molecule has 2 bridgehead atoms. The molecule has 4 atom stereocenters. The molecule has 3 aliphatic rings. The van der Waals surface area contributed by atoms with Gasteiger partial charge < -0.3 is 15.3 Å². The summed E-state index contributed by atoms with van der Waals surface area (Å²) in [6.45, 7) is 0.796. The largest absolute Gasteiger partial charge is 0.481 e. The standard InChI is InChI=1S/C16H26N2O3/c1-18(9-10-4-2-3-5-10)16(21)17-14-12-7-6-11(8-12)13(14)15(19)20/h10-14H,2-9H2,1H3,(H,17,21)(H,19,20). The van der Waals surface area contributed by atoms with Gasteiger partial charge in [-0.25, -0.2) is 4.79 Å². The fraction of sp³-hybridized carbons (Fsp3) is 0.875. The van der Waals surface area contributed by atoms with E-state index in [2.05, 4.69) is 5.32 Å². The van der Waals surface area contributed by atoms with Gasteiger partial charge in [-0.1, -0.05) is 12.8 Å². The third kappa shape index (κ3) is 2.87. The van der Waals surface area contributed by atoms with Gasteiger partial charge in [0.1, 0.15) is 0 Å². The van der Waals surface area contributed by atoms with E-state index in [1.54, 1.807) is 4.90 Å². The van der Waals surface area contributed by atoms with Crippen molar-refractivity contribution in [2.24, 2.45) is 23.7 Å². The number of carbonyl (C=O) groups is 2. The Morgan fingerprint density at radius 3 is 2.48 bits per heavy atom. The zero-order valence-corrected chi connectivity index (χ0v) is 12.8. The number of urea groups is 1. The molecule has 118 valence electrons.